The summed E-state index contributed by atoms with van der Waals surface area (Å²) in [7, 11) is 0. The highest BCUT2D eigenvalue weighted by atomic mass is 32.2. The molecule has 0 unspecified atom stereocenters. The fourth-order valence-electron chi connectivity index (χ4n) is 3.70. The van der Waals surface area contributed by atoms with Crippen molar-refractivity contribution in [2.75, 3.05) is 5.75 Å². The van der Waals surface area contributed by atoms with E-state index in [2.05, 4.69) is 35.9 Å². The van der Waals surface area contributed by atoms with Gasteiger partial charge in [-0.05, 0) is 30.4 Å². The van der Waals surface area contributed by atoms with Crippen LogP contribution in [-0.2, 0) is 11.3 Å². The number of nitrogens with zero attached hydrogens (tertiary/aromatic N) is 3. The summed E-state index contributed by atoms with van der Waals surface area (Å²) >= 11 is 1.31. The molecular formula is C21H27FN4OS. The van der Waals surface area contributed by atoms with E-state index in [0.29, 0.717) is 34.9 Å². The normalized spacial score (nSPS) is 22.0. The van der Waals surface area contributed by atoms with Gasteiger partial charge in [-0.3, -0.25) is 9.36 Å². The van der Waals surface area contributed by atoms with Crippen LogP contribution in [-0.4, -0.2) is 32.5 Å². The summed E-state index contributed by atoms with van der Waals surface area (Å²) in [5, 5.41) is 12.1. The number of hydrogen-bond acceptors (Lipinski definition) is 4. The molecule has 1 saturated carbocycles. The number of nitrogens with one attached hydrogen (secondary N) is 1. The summed E-state index contributed by atoms with van der Waals surface area (Å²) < 4.78 is 16.0. The fraction of sp³-hybridized carbons (Fsp3) is 0.476. The number of allylic oxidation sites excluding steroid dienone is 1. The third-order valence-corrected chi connectivity index (χ3v) is 6.50. The summed E-state index contributed by atoms with van der Waals surface area (Å²) in [6.45, 7) is 8.67. The second-order valence-corrected chi connectivity index (χ2v) is 8.36. The fourth-order valence-corrected chi connectivity index (χ4v) is 4.45. The van der Waals surface area contributed by atoms with Crippen LogP contribution in [0, 0.1) is 17.7 Å². The third kappa shape index (κ3) is 4.63. The molecule has 0 spiro atoms. The predicted molar refractivity (Wildman–Crippen MR) is 110 cm³/mol. The molecule has 0 saturated heterocycles. The zero-order valence-electron chi connectivity index (χ0n) is 16.4. The molecule has 1 aromatic carbocycles. The van der Waals surface area contributed by atoms with Gasteiger partial charge in [0, 0.05) is 12.6 Å². The highest BCUT2D eigenvalue weighted by Crippen LogP contribution is 2.30. The molecule has 28 heavy (non-hydrogen) atoms. The number of carbonyl (C=O) groups excluding carboxylic acids is 1. The zero-order chi connectivity index (χ0) is 20.1. The lowest BCUT2D eigenvalue weighted by molar-refractivity contribution is -0.120. The number of aromatic nitrogens is 3. The lowest BCUT2D eigenvalue weighted by Crippen LogP contribution is -2.44. The van der Waals surface area contributed by atoms with Crippen LogP contribution in [0.5, 0.6) is 0 Å². The van der Waals surface area contributed by atoms with Crippen LogP contribution in [0.15, 0.2) is 42.1 Å². The van der Waals surface area contributed by atoms with Crippen molar-refractivity contribution in [2.45, 2.75) is 50.9 Å². The quantitative estimate of drug-likeness (QED) is 0.554. The average molecular weight is 403 g/mol. The van der Waals surface area contributed by atoms with E-state index in [1.54, 1.807) is 28.8 Å². The number of benzene rings is 1. The Morgan fingerprint density at radius 2 is 2.14 bits per heavy atom. The Morgan fingerprint density at radius 3 is 2.89 bits per heavy atom. The molecule has 3 atom stereocenters. The van der Waals surface area contributed by atoms with Crippen LogP contribution >= 0.6 is 11.8 Å². The molecule has 1 aliphatic carbocycles. The number of thioether (sulfide) groups is 1. The van der Waals surface area contributed by atoms with Crippen molar-refractivity contribution in [3.63, 3.8) is 0 Å². The van der Waals surface area contributed by atoms with Crippen LogP contribution in [0.25, 0.3) is 11.4 Å². The molecule has 1 aromatic heterocycles. The van der Waals surface area contributed by atoms with Gasteiger partial charge in [-0.15, -0.1) is 16.8 Å². The molecule has 1 aliphatic rings. The van der Waals surface area contributed by atoms with E-state index >= 15 is 0 Å². The molecule has 0 aliphatic heterocycles. The molecule has 2 aromatic rings. The predicted octanol–water partition coefficient (Wildman–Crippen LogP) is 4.30. The van der Waals surface area contributed by atoms with Gasteiger partial charge in [0.05, 0.1) is 11.3 Å². The summed E-state index contributed by atoms with van der Waals surface area (Å²) in [6.07, 6.45) is 5.13. The molecule has 7 heteroatoms. The Labute approximate surface area is 169 Å². The van der Waals surface area contributed by atoms with Gasteiger partial charge in [-0.2, -0.15) is 0 Å². The van der Waals surface area contributed by atoms with Crippen molar-refractivity contribution in [1.82, 2.24) is 20.1 Å². The Balaban J connectivity index is 1.68. The van der Waals surface area contributed by atoms with Gasteiger partial charge in [-0.25, -0.2) is 4.39 Å². The van der Waals surface area contributed by atoms with E-state index in [4.69, 9.17) is 0 Å². The van der Waals surface area contributed by atoms with Crippen LogP contribution < -0.4 is 5.32 Å². The molecule has 0 bridgehead atoms. The molecule has 3 rings (SSSR count). The molecule has 150 valence electrons. The van der Waals surface area contributed by atoms with E-state index < -0.39 is 0 Å². The Morgan fingerprint density at radius 1 is 1.36 bits per heavy atom. The molecule has 1 heterocycles. The first-order chi connectivity index (χ1) is 13.5. The first kappa shape index (κ1) is 20.6. The largest absolute Gasteiger partial charge is 0.352 e. The van der Waals surface area contributed by atoms with Crippen LogP contribution in [0.4, 0.5) is 4.39 Å². The lowest BCUT2D eigenvalue weighted by atomic mass is 9.78. The van der Waals surface area contributed by atoms with E-state index in [0.717, 1.165) is 12.8 Å². The maximum Gasteiger partial charge on any atom is 0.230 e. The molecule has 1 amide bonds. The van der Waals surface area contributed by atoms with Crippen molar-refractivity contribution < 1.29 is 9.18 Å². The second-order valence-electron chi connectivity index (χ2n) is 7.42. The number of halogens is 1. The Kier molecular flexibility index (Phi) is 6.88. The summed E-state index contributed by atoms with van der Waals surface area (Å²) in [4.78, 5) is 12.5. The standard InChI is InChI=1S/C21H27FN4OS/c1-4-12-26-20(16-9-5-6-10-17(16)22)24-25-21(26)28-13-19(27)23-18-11-7-8-14(2)15(18)3/h4-6,9-10,14-15,18H,1,7-8,11-13H2,2-3H3,(H,23,27)/t14-,15-,18+/m0/s1. The topological polar surface area (TPSA) is 59.8 Å². The van der Waals surface area contributed by atoms with Crippen molar-refractivity contribution in [3.05, 3.63) is 42.7 Å². The van der Waals surface area contributed by atoms with E-state index in [1.807, 2.05) is 0 Å². The summed E-state index contributed by atoms with van der Waals surface area (Å²) in [5.74, 6) is 1.46. The molecule has 0 radical (unpaired) electrons. The molecule has 1 fully saturated rings. The van der Waals surface area contributed by atoms with Gasteiger partial charge in [0.25, 0.3) is 0 Å². The minimum absolute atomic E-state index is 0.00320. The maximum absolute atomic E-state index is 14.2. The van der Waals surface area contributed by atoms with Gasteiger partial charge >= 0.3 is 0 Å². The first-order valence-corrected chi connectivity index (χ1v) is 10.7. The SMILES string of the molecule is C=CCn1c(SCC(=O)N[C@@H]2CCC[C@H](C)[C@@H]2C)nnc1-c1ccccc1F. The lowest BCUT2D eigenvalue weighted by Gasteiger charge is -2.34. The van der Waals surface area contributed by atoms with Gasteiger partial charge in [0.15, 0.2) is 11.0 Å². The van der Waals surface area contributed by atoms with Gasteiger partial charge in [0.2, 0.25) is 5.91 Å². The maximum atomic E-state index is 14.2. The smallest absolute Gasteiger partial charge is 0.230 e. The molecule has 1 N–H and O–H groups in total. The molecule has 5 nitrogen and oxygen atoms in total. The summed E-state index contributed by atoms with van der Waals surface area (Å²) in [6, 6.07) is 6.70. The van der Waals surface area contributed by atoms with Crippen molar-refractivity contribution >= 4 is 17.7 Å². The van der Waals surface area contributed by atoms with Crippen molar-refractivity contribution in [3.8, 4) is 11.4 Å². The van der Waals surface area contributed by atoms with Crippen LogP contribution in [0.3, 0.4) is 0 Å². The zero-order valence-corrected chi connectivity index (χ0v) is 17.2. The van der Waals surface area contributed by atoms with Crippen LogP contribution in [0.1, 0.15) is 33.1 Å². The minimum atomic E-state index is -0.352. The number of carbonyl (C=O) groups is 1. The number of hydrogen-bond donors (Lipinski definition) is 1. The number of amides is 1. The highest BCUT2D eigenvalue weighted by Gasteiger charge is 2.28. The van der Waals surface area contributed by atoms with E-state index in [9.17, 15) is 9.18 Å². The van der Waals surface area contributed by atoms with Crippen molar-refractivity contribution in [2.24, 2.45) is 11.8 Å². The Hall–Kier alpha value is -2.15. The highest BCUT2D eigenvalue weighted by molar-refractivity contribution is 7.99. The van der Waals surface area contributed by atoms with Gasteiger partial charge in [-0.1, -0.05) is 56.7 Å². The van der Waals surface area contributed by atoms with E-state index in [-0.39, 0.29) is 23.5 Å². The Bertz CT molecular complexity index is 838. The summed E-state index contributed by atoms with van der Waals surface area (Å²) in [5.41, 5.74) is 0.387. The van der Waals surface area contributed by atoms with Gasteiger partial charge < -0.3 is 5.32 Å². The second kappa shape index (κ2) is 9.37. The monoisotopic (exact) mass is 402 g/mol. The third-order valence-electron chi connectivity index (χ3n) is 5.53. The average Bonchev–Trinajstić information content (AvgIpc) is 3.07. The number of rotatable bonds is 7. The van der Waals surface area contributed by atoms with E-state index in [1.165, 1.54) is 24.2 Å². The van der Waals surface area contributed by atoms with Crippen molar-refractivity contribution in [1.29, 1.82) is 0 Å². The molecular weight excluding hydrogens is 375 g/mol. The van der Waals surface area contributed by atoms with Gasteiger partial charge in [0.1, 0.15) is 5.82 Å². The first-order valence-electron chi connectivity index (χ1n) is 9.72. The van der Waals surface area contributed by atoms with Crippen LogP contribution in [0.2, 0.25) is 0 Å². The minimum Gasteiger partial charge on any atom is -0.352 e.